The van der Waals surface area contributed by atoms with Crippen LogP contribution in [0.3, 0.4) is 0 Å². The zero-order valence-electron chi connectivity index (χ0n) is 23.1. The van der Waals surface area contributed by atoms with Gasteiger partial charge in [-0.05, 0) is 68.3 Å². The zero-order valence-corrected chi connectivity index (χ0v) is 25.4. The molecule has 0 aliphatic rings. The van der Waals surface area contributed by atoms with Crippen molar-refractivity contribution in [3.63, 3.8) is 0 Å². The molecule has 0 saturated carbocycles. The Morgan fingerprint density at radius 1 is 0.976 bits per heavy atom. The monoisotopic (exact) mass is 643 g/mol. The van der Waals surface area contributed by atoms with Gasteiger partial charge in [-0.15, -0.1) is 0 Å². The molecule has 1 unspecified atom stereocenters. The number of rotatable bonds is 11. The topological polar surface area (TPSA) is 86.8 Å². The van der Waals surface area contributed by atoms with Crippen molar-refractivity contribution in [1.82, 2.24) is 10.2 Å². The van der Waals surface area contributed by atoms with Gasteiger partial charge in [-0.1, -0.05) is 60.0 Å². The molecular formula is C29H30Cl2F3N3O4S. The van der Waals surface area contributed by atoms with E-state index in [0.717, 1.165) is 17.7 Å². The maximum absolute atomic E-state index is 14.0. The number of halogens is 5. The summed E-state index contributed by atoms with van der Waals surface area (Å²) in [5.41, 5.74) is -0.261. The molecular weight excluding hydrogens is 614 g/mol. The molecule has 0 fully saturated rings. The molecule has 226 valence electrons. The average Bonchev–Trinajstić information content (AvgIpc) is 2.92. The number of amides is 2. The summed E-state index contributed by atoms with van der Waals surface area (Å²) in [5, 5.41) is 3.23. The molecule has 42 heavy (non-hydrogen) atoms. The molecule has 1 atom stereocenters. The van der Waals surface area contributed by atoms with Gasteiger partial charge in [0.15, 0.2) is 0 Å². The number of alkyl halides is 3. The molecule has 0 radical (unpaired) electrons. The van der Waals surface area contributed by atoms with Gasteiger partial charge in [0, 0.05) is 23.1 Å². The number of hydrogen-bond donors (Lipinski definition) is 1. The van der Waals surface area contributed by atoms with Gasteiger partial charge in [-0.25, -0.2) is 8.42 Å². The van der Waals surface area contributed by atoms with Crippen molar-refractivity contribution in [2.75, 3.05) is 17.4 Å². The fourth-order valence-corrected chi connectivity index (χ4v) is 6.12. The van der Waals surface area contributed by atoms with Gasteiger partial charge in [-0.3, -0.25) is 13.9 Å². The minimum Gasteiger partial charge on any atom is -0.355 e. The number of carbonyl (C=O) groups is 2. The highest BCUT2D eigenvalue weighted by molar-refractivity contribution is 7.92. The van der Waals surface area contributed by atoms with E-state index in [1.165, 1.54) is 41.3 Å². The van der Waals surface area contributed by atoms with Gasteiger partial charge in [0.2, 0.25) is 11.8 Å². The Labute approximate surface area is 253 Å². The third kappa shape index (κ3) is 7.96. The molecule has 0 spiro atoms. The summed E-state index contributed by atoms with van der Waals surface area (Å²) in [6, 6.07) is 13.0. The van der Waals surface area contributed by atoms with Crippen molar-refractivity contribution < 1.29 is 31.2 Å². The lowest BCUT2D eigenvalue weighted by atomic mass is 10.1. The van der Waals surface area contributed by atoms with Gasteiger partial charge < -0.3 is 10.2 Å². The van der Waals surface area contributed by atoms with Crippen molar-refractivity contribution in [2.24, 2.45) is 0 Å². The molecule has 3 aromatic carbocycles. The van der Waals surface area contributed by atoms with Crippen LogP contribution in [0.4, 0.5) is 18.9 Å². The lowest BCUT2D eigenvalue weighted by Gasteiger charge is -2.33. The van der Waals surface area contributed by atoms with E-state index in [-0.39, 0.29) is 35.1 Å². The summed E-state index contributed by atoms with van der Waals surface area (Å²) in [6.45, 7) is 4.32. The highest BCUT2D eigenvalue weighted by Gasteiger charge is 2.36. The summed E-state index contributed by atoms with van der Waals surface area (Å²) >= 11 is 12.4. The lowest BCUT2D eigenvalue weighted by molar-refractivity contribution is -0.140. The Morgan fingerprint density at radius 2 is 1.64 bits per heavy atom. The molecule has 3 rings (SSSR count). The van der Waals surface area contributed by atoms with Crippen molar-refractivity contribution >= 4 is 50.7 Å². The molecule has 0 bridgehead atoms. The van der Waals surface area contributed by atoms with Crippen LogP contribution in [0.25, 0.3) is 0 Å². The Bertz CT molecular complexity index is 1530. The molecule has 7 nitrogen and oxygen atoms in total. The number of benzene rings is 3. The lowest BCUT2D eigenvalue weighted by Crippen LogP contribution is -2.52. The Kier molecular flexibility index (Phi) is 10.9. The number of nitrogens with one attached hydrogen (secondary N) is 1. The Balaban J connectivity index is 2.14. The third-order valence-corrected chi connectivity index (χ3v) is 8.82. The van der Waals surface area contributed by atoms with Gasteiger partial charge >= 0.3 is 6.18 Å². The van der Waals surface area contributed by atoms with Crippen LogP contribution < -0.4 is 9.62 Å². The number of anilines is 1. The summed E-state index contributed by atoms with van der Waals surface area (Å²) in [7, 11) is -4.54. The van der Waals surface area contributed by atoms with Crippen molar-refractivity contribution in [2.45, 2.75) is 50.9 Å². The second-order valence-electron chi connectivity index (χ2n) is 9.45. The summed E-state index contributed by atoms with van der Waals surface area (Å²) in [6.07, 6.45) is -4.60. The summed E-state index contributed by atoms with van der Waals surface area (Å²) < 4.78 is 69.1. The fraction of sp³-hybridized carbons (Fsp3) is 0.310. The summed E-state index contributed by atoms with van der Waals surface area (Å²) in [5.74, 6) is -1.31. The quantitative estimate of drug-likeness (QED) is 0.260. The maximum Gasteiger partial charge on any atom is 0.416 e. The third-order valence-electron chi connectivity index (χ3n) is 6.44. The molecule has 13 heteroatoms. The first-order valence-electron chi connectivity index (χ1n) is 13.0. The van der Waals surface area contributed by atoms with Crippen LogP contribution in [-0.4, -0.2) is 44.3 Å². The van der Waals surface area contributed by atoms with Crippen LogP contribution in [0.15, 0.2) is 71.6 Å². The van der Waals surface area contributed by atoms with Gasteiger partial charge in [-0.2, -0.15) is 13.2 Å². The van der Waals surface area contributed by atoms with E-state index in [4.69, 9.17) is 23.2 Å². The number of likely N-dealkylation sites (N-methyl/N-ethyl adjacent to an activating group) is 1. The minimum atomic E-state index is -4.76. The normalized spacial score (nSPS) is 12.5. The van der Waals surface area contributed by atoms with E-state index in [1.54, 1.807) is 32.9 Å². The Hall–Kier alpha value is -3.28. The average molecular weight is 645 g/mol. The zero-order chi connectivity index (χ0) is 31.2. The van der Waals surface area contributed by atoms with E-state index in [9.17, 15) is 31.2 Å². The summed E-state index contributed by atoms with van der Waals surface area (Å²) in [4.78, 5) is 27.9. The van der Waals surface area contributed by atoms with Gasteiger partial charge in [0.25, 0.3) is 10.0 Å². The molecule has 0 saturated heterocycles. The molecule has 0 heterocycles. The highest BCUT2D eigenvalue weighted by Crippen LogP contribution is 2.33. The van der Waals surface area contributed by atoms with Crippen LogP contribution in [0, 0.1) is 6.92 Å². The molecule has 0 aliphatic heterocycles. The first-order chi connectivity index (χ1) is 19.7. The number of aryl methyl sites for hydroxylation is 1. The molecule has 0 aromatic heterocycles. The standard InChI is InChI=1S/C29H30Cl2F3N3O4S/c1-4-26(28(39)35-5-2)36(17-20-11-12-22(30)16-25(20)31)27(38)18-37(23-8-6-7-21(15-23)29(32,33)34)42(40,41)24-13-9-19(3)10-14-24/h6-16,26H,4-5,17-18H2,1-3H3,(H,35,39). The molecule has 2 amide bonds. The van der Waals surface area contributed by atoms with E-state index in [1.807, 2.05) is 0 Å². The van der Waals surface area contributed by atoms with Crippen LogP contribution in [0.5, 0.6) is 0 Å². The predicted molar refractivity (Wildman–Crippen MR) is 157 cm³/mol. The van der Waals surface area contributed by atoms with Crippen molar-refractivity contribution in [1.29, 1.82) is 0 Å². The number of hydrogen-bond acceptors (Lipinski definition) is 4. The van der Waals surface area contributed by atoms with E-state index in [0.29, 0.717) is 21.0 Å². The van der Waals surface area contributed by atoms with E-state index in [2.05, 4.69) is 5.32 Å². The smallest absolute Gasteiger partial charge is 0.355 e. The van der Waals surface area contributed by atoms with Crippen LogP contribution in [0.2, 0.25) is 10.0 Å². The fourth-order valence-electron chi connectivity index (χ4n) is 4.25. The van der Waals surface area contributed by atoms with Crippen LogP contribution in [-0.2, 0) is 32.3 Å². The number of carbonyl (C=O) groups excluding carboxylic acids is 2. The number of sulfonamides is 1. The van der Waals surface area contributed by atoms with Crippen LogP contribution in [0.1, 0.15) is 37.0 Å². The van der Waals surface area contributed by atoms with Gasteiger partial charge in [0.1, 0.15) is 12.6 Å². The Morgan fingerprint density at radius 3 is 2.21 bits per heavy atom. The predicted octanol–water partition coefficient (Wildman–Crippen LogP) is 6.46. The minimum absolute atomic E-state index is 0.164. The van der Waals surface area contributed by atoms with Crippen LogP contribution >= 0.6 is 23.2 Å². The maximum atomic E-state index is 14.0. The molecule has 0 aliphatic carbocycles. The first-order valence-corrected chi connectivity index (χ1v) is 15.2. The molecule has 3 aromatic rings. The van der Waals surface area contributed by atoms with Gasteiger partial charge in [0.05, 0.1) is 16.1 Å². The first kappa shape index (κ1) is 33.2. The second kappa shape index (κ2) is 13.8. The van der Waals surface area contributed by atoms with E-state index < -0.39 is 46.2 Å². The largest absolute Gasteiger partial charge is 0.416 e. The second-order valence-corrected chi connectivity index (χ2v) is 12.2. The number of nitrogens with zero attached hydrogens (tertiary/aromatic N) is 2. The van der Waals surface area contributed by atoms with E-state index >= 15 is 0 Å². The SMILES string of the molecule is CCNC(=O)C(CC)N(Cc1ccc(Cl)cc1Cl)C(=O)CN(c1cccc(C(F)(F)F)c1)S(=O)(=O)c1ccc(C)cc1. The highest BCUT2D eigenvalue weighted by atomic mass is 35.5. The van der Waals surface area contributed by atoms with Crippen molar-refractivity contribution in [3.8, 4) is 0 Å². The molecule has 1 N–H and O–H groups in total. The van der Waals surface area contributed by atoms with Crippen molar-refractivity contribution in [3.05, 3.63) is 93.5 Å².